The minimum Gasteiger partial charge on any atom is -0.345 e. The van der Waals surface area contributed by atoms with Crippen molar-refractivity contribution < 1.29 is 4.79 Å². The Morgan fingerprint density at radius 3 is 2.54 bits per heavy atom. The van der Waals surface area contributed by atoms with Gasteiger partial charge in [-0.1, -0.05) is 24.3 Å². The van der Waals surface area contributed by atoms with E-state index in [-0.39, 0.29) is 5.91 Å². The molecule has 0 saturated carbocycles. The largest absolute Gasteiger partial charge is 0.345 e. The second kappa shape index (κ2) is 8.13. The van der Waals surface area contributed by atoms with Crippen LogP contribution in [0, 0.1) is 0 Å². The summed E-state index contributed by atoms with van der Waals surface area (Å²) < 4.78 is 0. The number of carbonyl (C=O) groups is 1. The van der Waals surface area contributed by atoms with E-state index in [1.807, 2.05) is 11.9 Å². The summed E-state index contributed by atoms with van der Waals surface area (Å²) in [5.74, 6) is 0.841. The number of nitrogens with zero attached hydrogens (tertiary/aromatic N) is 2. The maximum atomic E-state index is 11.3. The highest BCUT2D eigenvalue weighted by Gasteiger charge is 2.26. The minimum atomic E-state index is 0.155. The van der Waals surface area contributed by atoms with Gasteiger partial charge in [0.1, 0.15) is 0 Å². The average molecular weight is 329 g/mol. The van der Waals surface area contributed by atoms with Crippen LogP contribution in [0.25, 0.3) is 0 Å². The highest BCUT2D eigenvalue weighted by atomic mass is 16.2. The predicted octanol–water partition coefficient (Wildman–Crippen LogP) is 2.77. The molecule has 0 aliphatic carbocycles. The second-order valence-electron chi connectivity index (χ2n) is 7.33. The van der Waals surface area contributed by atoms with Crippen LogP contribution in [0.1, 0.15) is 55.7 Å². The smallest absolute Gasteiger partial charge is 0.219 e. The third kappa shape index (κ3) is 4.17. The molecule has 0 bridgehead atoms. The molecule has 1 aromatic carbocycles. The Bertz CT molecular complexity index is 546. The first kappa shape index (κ1) is 17.4. The van der Waals surface area contributed by atoms with Crippen molar-refractivity contribution in [2.75, 3.05) is 39.8 Å². The lowest BCUT2D eigenvalue weighted by molar-refractivity contribution is -0.127. The van der Waals surface area contributed by atoms with E-state index < -0.39 is 0 Å². The lowest BCUT2D eigenvalue weighted by atomic mass is 9.84. The van der Waals surface area contributed by atoms with Gasteiger partial charge >= 0.3 is 0 Å². The van der Waals surface area contributed by atoms with Crippen molar-refractivity contribution in [1.29, 1.82) is 0 Å². The number of likely N-dealkylation sites (N-methyl/N-ethyl adjacent to an activating group) is 1. The number of amides is 1. The van der Waals surface area contributed by atoms with Crippen molar-refractivity contribution >= 4 is 5.91 Å². The van der Waals surface area contributed by atoms with E-state index in [1.165, 1.54) is 31.2 Å². The Morgan fingerprint density at radius 1 is 1.21 bits per heavy atom. The molecule has 2 aliphatic rings. The predicted molar refractivity (Wildman–Crippen MR) is 98.1 cm³/mol. The normalized spacial score (nSPS) is 22.7. The van der Waals surface area contributed by atoms with Gasteiger partial charge in [0.2, 0.25) is 5.91 Å². The van der Waals surface area contributed by atoms with Crippen LogP contribution in [-0.4, -0.2) is 55.5 Å². The lowest BCUT2D eigenvalue weighted by Crippen LogP contribution is -2.39. The molecule has 1 aromatic rings. The molecule has 2 fully saturated rings. The molecular weight excluding hydrogens is 298 g/mol. The first-order chi connectivity index (χ1) is 11.6. The van der Waals surface area contributed by atoms with E-state index in [0.717, 1.165) is 32.7 Å². The van der Waals surface area contributed by atoms with Crippen molar-refractivity contribution in [2.24, 2.45) is 0 Å². The first-order valence-corrected chi connectivity index (χ1v) is 9.41. The summed E-state index contributed by atoms with van der Waals surface area (Å²) in [6.45, 7) is 6.91. The van der Waals surface area contributed by atoms with Gasteiger partial charge in [-0.25, -0.2) is 0 Å². The highest BCUT2D eigenvalue weighted by Crippen LogP contribution is 2.35. The summed E-state index contributed by atoms with van der Waals surface area (Å²) in [6.07, 6.45) is 5.02. The molecule has 2 heterocycles. The summed E-state index contributed by atoms with van der Waals surface area (Å²) in [6, 6.07) is 9.61. The van der Waals surface area contributed by atoms with E-state index >= 15 is 0 Å². The Balaban J connectivity index is 1.56. The van der Waals surface area contributed by atoms with E-state index in [4.69, 9.17) is 0 Å². The van der Waals surface area contributed by atoms with Gasteiger partial charge in [-0.05, 0) is 62.4 Å². The van der Waals surface area contributed by atoms with Crippen LogP contribution in [0.4, 0.5) is 0 Å². The van der Waals surface area contributed by atoms with Gasteiger partial charge in [0.05, 0.1) is 0 Å². The maximum Gasteiger partial charge on any atom is 0.219 e. The minimum absolute atomic E-state index is 0.155. The molecule has 2 aliphatic heterocycles. The van der Waals surface area contributed by atoms with Crippen LogP contribution in [0.2, 0.25) is 0 Å². The Kier molecular flexibility index (Phi) is 5.90. The fourth-order valence-electron chi connectivity index (χ4n) is 4.07. The molecule has 1 amide bonds. The van der Waals surface area contributed by atoms with Crippen LogP contribution >= 0.6 is 0 Å². The van der Waals surface area contributed by atoms with Crippen molar-refractivity contribution in [3.05, 3.63) is 35.4 Å². The SMILES string of the molecule is CC(=O)N(C)CCN1CCC(c2ccccc2[C@H]2CCCN2)CC1. The highest BCUT2D eigenvalue weighted by molar-refractivity contribution is 5.72. The van der Waals surface area contributed by atoms with Gasteiger partial charge in [0.15, 0.2) is 0 Å². The molecular formula is C20H31N3O. The van der Waals surface area contributed by atoms with Gasteiger partial charge in [-0.15, -0.1) is 0 Å². The van der Waals surface area contributed by atoms with E-state index in [9.17, 15) is 4.79 Å². The van der Waals surface area contributed by atoms with E-state index in [1.54, 1.807) is 12.5 Å². The fraction of sp³-hybridized carbons (Fsp3) is 0.650. The van der Waals surface area contributed by atoms with Crippen molar-refractivity contribution in [2.45, 2.75) is 44.6 Å². The van der Waals surface area contributed by atoms with Gasteiger partial charge < -0.3 is 15.1 Å². The maximum absolute atomic E-state index is 11.3. The molecule has 0 spiro atoms. The van der Waals surface area contributed by atoms with Crippen LogP contribution in [0.3, 0.4) is 0 Å². The molecule has 132 valence electrons. The number of rotatable bonds is 5. The van der Waals surface area contributed by atoms with Crippen LogP contribution in [-0.2, 0) is 4.79 Å². The molecule has 3 rings (SSSR count). The Labute approximate surface area is 146 Å². The number of likely N-dealkylation sites (tertiary alicyclic amines) is 1. The number of carbonyl (C=O) groups excluding carboxylic acids is 1. The molecule has 0 unspecified atom stereocenters. The average Bonchev–Trinajstić information content (AvgIpc) is 3.14. The van der Waals surface area contributed by atoms with Gasteiger partial charge in [0.25, 0.3) is 0 Å². The van der Waals surface area contributed by atoms with Crippen LogP contribution in [0.5, 0.6) is 0 Å². The molecule has 2 saturated heterocycles. The summed E-state index contributed by atoms with van der Waals surface area (Å²) in [7, 11) is 1.89. The number of hydrogen-bond donors (Lipinski definition) is 1. The molecule has 0 radical (unpaired) electrons. The Morgan fingerprint density at radius 2 is 1.92 bits per heavy atom. The zero-order chi connectivity index (χ0) is 16.9. The standard InChI is InChI=1S/C20H31N3O/c1-16(24)22(2)14-15-23-12-9-17(10-13-23)18-6-3-4-7-19(18)20-8-5-11-21-20/h3-4,6-7,17,20-21H,5,8-15H2,1-2H3/t20-/m1/s1. The first-order valence-electron chi connectivity index (χ1n) is 9.41. The summed E-state index contributed by atoms with van der Waals surface area (Å²) >= 11 is 0. The summed E-state index contributed by atoms with van der Waals surface area (Å²) in [5, 5.41) is 3.66. The van der Waals surface area contributed by atoms with Crippen LogP contribution in [0.15, 0.2) is 24.3 Å². The number of nitrogens with one attached hydrogen (secondary N) is 1. The topological polar surface area (TPSA) is 35.6 Å². The van der Waals surface area contributed by atoms with Crippen molar-refractivity contribution in [1.82, 2.24) is 15.1 Å². The van der Waals surface area contributed by atoms with Crippen molar-refractivity contribution in [3.8, 4) is 0 Å². The van der Waals surface area contributed by atoms with E-state index in [2.05, 4.69) is 34.5 Å². The van der Waals surface area contributed by atoms with E-state index in [0.29, 0.717) is 12.0 Å². The second-order valence-corrected chi connectivity index (χ2v) is 7.33. The van der Waals surface area contributed by atoms with Gasteiger partial charge in [-0.2, -0.15) is 0 Å². The molecule has 4 heteroatoms. The van der Waals surface area contributed by atoms with Crippen molar-refractivity contribution in [3.63, 3.8) is 0 Å². The third-order valence-electron chi connectivity index (χ3n) is 5.75. The van der Waals surface area contributed by atoms with Gasteiger partial charge in [-0.3, -0.25) is 4.79 Å². The third-order valence-corrected chi connectivity index (χ3v) is 5.75. The number of hydrogen-bond acceptors (Lipinski definition) is 3. The zero-order valence-electron chi connectivity index (χ0n) is 15.1. The van der Waals surface area contributed by atoms with Crippen LogP contribution < -0.4 is 5.32 Å². The summed E-state index contributed by atoms with van der Waals surface area (Å²) in [4.78, 5) is 15.6. The Hall–Kier alpha value is -1.39. The zero-order valence-corrected chi connectivity index (χ0v) is 15.1. The number of piperidine rings is 1. The molecule has 1 N–H and O–H groups in total. The fourth-order valence-corrected chi connectivity index (χ4v) is 4.07. The van der Waals surface area contributed by atoms with Gasteiger partial charge in [0, 0.05) is 33.1 Å². The molecule has 24 heavy (non-hydrogen) atoms. The summed E-state index contributed by atoms with van der Waals surface area (Å²) in [5.41, 5.74) is 3.10. The quantitative estimate of drug-likeness (QED) is 0.902. The molecule has 1 atom stereocenters. The number of benzene rings is 1. The molecule has 0 aromatic heterocycles. The molecule has 4 nitrogen and oxygen atoms in total. The monoisotopic (exact) mass is 329 g/mol. The lowest BCUT2D eigenvalue weighted by Gasteiger charge is -2.34.